The van der Waals surface area contributed by atoms with Gasteiger partial charge in [0.2, 0.25) is 5.91 Å². The molecule has 0 radical (unpaired) electrons. The number of nitrogens with zero attached hydrogens (tertiary/aromatic N) is 3. The van der Waals surface area contributed by atoms with Crippen molar-refractivity contribution in [2.45, 2.75) is 45.4 Å². The highest BCUT2D eigenvalue weighted by Crippen LogP contribution is 2.29. The van der Waals surface area contributed by atoms with Gasteiger partial charge in [-0.2, -0.15) is 0 Å². The van der Waals surface area contributed by atoms with E-state index < -0.39 is 17.4 Å². The molecular weight excluding hydrogens is 441 g/mol. The van der Waals surface area contributed by atoms with Crippen molar-refractivity contribution >= 4 is 17.7 Å². The summed E-state index contributed by atoms with van der Waals surface area (Å²) in [6, 6.07) is 9.28. The van der Waals surface area contributed by atoms with Crippen LogP contribution < -0.4 is 10.6 Å². The molecule has 0 bridgehead atoms. The first kappa shape index (κ1) is 23.2. The van der Waals surface area contributed by atoms with Gasteiger partial charge in [-0.25, -0.2) is 9.37 Å². The summed E-state index contributed by atoms with van der Waals surface area (Å²) < 4.78 is 19.9. The van der Waals surface area contributed by atoms with Gasteiger partial charge in [-0.3, -0.25) is 14.4 Å². The van der Waals surface area contributed by atoms with E-state index in [0.717, 1.165) is 5.56 Å². The third-order valence-electron chi connectivity index (χ3n) is 5.88. The average molecular weight is 468 g/mol. The Morgan fingerprint density at radius 2 is 1.94 bits per heavy atom. The lowest BCUT2D eigenvalue weighted by molar-refractivity contribution is -0.133. The summed E-state index contributed by atoms with van der Waals surface area (Å²) in [5, 5.41) is 5.56. The number of carbonyl (C=O) groups is 3. The Labute approximate surface area is 195 Å². The van der Waals surface area contributed by atoms with Gasteiger partial charge >= 0.3 is 0 Å². The standard InChI is InChI=1S/C24H26FN5O4/c1-3-10-30-22(32)20-19(21(31)26-13-18-5-4-11-34-18)28-15-29(20)14-24(30,2)23(33)27-12-16-6-8-17(25)9-7-16/h4-9,11,15H,3,10,12-14H2,1-2H3,(H,26,31)(H,27,33)/t24-/m0/s1. The first-order valence-corrected chi connectivity index (χ1v) is 11.0. The second-order valence-electron chi connectivity index (χ2n) is 8.37. The van der Waals surface area contributed by atoms with Gasteiger partial charge in [-0.05, 0) is 43.2 Å². The molecule has 1 aliphatic rings. The normalized spacial score (nSPS) is 17.4. The molecule has 1 aliphatic heterocycles. The fourth-order valence-electron chi connectivity index (χ4n) is 4.07. The van der Waals surface area contributed by atoms with Crippen LogP contribution in [0.15, 0.2) is 53.4 Å². The van der Waals surface area contributed by atoms with Crippen LogP contribution in [0.1, 0.15) is 52.6 Å². The number of hydrogen-bond donors (Lipinski definition) is 2. The zero-order chi connectivity index (χ0) is 24.3. The Balaban J connectivity index is 1.54. The SMILES string of the molecule is CCCN1C(=O)c2c(C(=O)NCc3ccco3)ncn2C[C@@]1(C)C(=O)NCc1ccc(F)cc1. The lowest BCUT2D eigenvalue weighted by Crippen LogP contribution is -2.64. The van der Waals surface area contributed by atoms with E-state index in [1.165, 1.54) is 29.6 Å². The van der Waals surface area contributed by atoms with E-state index in [-0.39, 0.29) is 42.7 Å². The molecule has 10 heteroatoms. The number of nitrogens with one attached hydrogen (secondary N) is 2. The molecule has 3 heterocycles. The van der Waals surface area contributed by atoms with Crippen LogP contribution in [0.2, 0.25) is 0 Å². The molecule has 0 aliphatic carbocycles. The van der Waals surface area contributed by atoms with E-state index in [9.17, 15) is 18.8 Å². The summed E-state index contributed by atoms with van der Waals surface area (Å²) in [6.45, 7) is 4.43. The topological polar surface area (TPSA) is 109 Å². The van der Waals surface area contributed by atoms with Crippen molar-refractivity contribution in [3.63, 3.8) is 0 Å². The molecule has 2 aromatic heterocycles. The Morgan fingerprint density at radius 1 is 1.18 bits per heavy atom. The van der Waals surface area contributed by atoms with Crippen molar-refractivity contribution in [2.75, 3.05) is 6.54 Å². The third kappa shape index (κ3) is 4.43. The van der Waals surface area contributed by atoms with Crippen LogP contribution in [0.25, 0.3) is 0 Å². The molecule has 1 aromatic carbocycles. The van der Waals surface area contributed by atoms with E-state index in [4.69, 9.17) is 4.42 Å². The molecule has 0 spiro atoms. The van der Waals surface area contributed by atoms with E-state index >= 15 is 0 Å². The van der Waals surface area contributed by atoms with Crippen molar-refractivity contribution < 1.29 is 23.2 Å². The summed E-state index contributed by atoms with van der Waals surface area (Å²) in [6.07, 6.45) is 3.54. The van der Waals surface area contributed by atoms with Crippen LogP contribution >= 0.6 is 0 Å². The minimum atomic E-state index is -1.19. The molecular formula is C24H26FN5O4. The molecule has 1 atom stereocenters. The molecule has 3 amide bonds. The number of fused-ring (bicyclic) bond motifs is 1. The molecule has 2 N–H and O–H groups in total. The fourth-order valence-corrected chi connectivity index (χ4v) is 4.07. The molecule has 34 heavy (non-hydrogen) atoms. The van der Waals surface area contributed by atoms with Gasteiger partial charge in [0.05, 0.1) is 25.7 Å². The first-order valence-electron chi connectivity index (χ1n) is 11.0. The summed E-state index contributed by atoms with van der Waals surface area (Å²) in [5.74, 6) is -1.06. The summed E-state index contributed by atoms with van der Waals surface area (Å²) in [7, 11) is 0. The molecule has 4 rings (SSSR count). The molecule has 0 saturated heterocycles. The van der Waals surface area contributed by atoms with Gasteiger partial charge in [0.25, 0.3) is 11.8 Å². The Bertz CT molecular complexity index is 1190. The summed E-state index contributed by atoms with van der Waals surface area (Å²) >= 11 is 0. The molecule has 0 saturated carbocycles. The highest BCUT2D eigenvalue weighted by molar-refractivity contribution is 6.07. The van der Waals surface area contributed by atoms with Crippen molar-refractivity contribution in [1.82, 2.24) is 25.1 Å². The lowest BCUT2D eigenvalue weighted by Gasteiger charge is -2.43. The number of hydrogen-bond acceptors (Lipinski definition) is 5. The Kier molecular flexibility index (Phi) is 6.49. The van der Waals surface area contributed by atoms with E-state index in [1.807, 2.05) is 6.92 Å². The van der Waals surface area contributed by atoms with Gasteiger partial charge in [0, 0.05) is 13.1 Å². The number of furan rings is 1. The van der Waals surface area contributed by atoms with Crippen molar-refractivity contribution in [1.29, 1.82) is 0 Å². The van der Waals surface area contributed by atoms with Crippen LogP contribution in [0, 0.1) is 5.82 Å². The molecule has 0 fully saturated rings. The number of rotatable bonds is 8. The number of benzene rings is 1. The second-order valence-corrected chi connectivity index (χ2v) is 8.37. The van der Waals surface area contributed by atoms with Crippen LogP contribution in [-0.2, 0) is 24.4 Å². The third-order valence-corrected chi connectivity index (χ3v) is 5.88. The highest BCUT2D eigenvalue weighted by Gasteiger charge is 2.48. The smallest absolute Gasteiger partial charge is 0.273 e. The number of amides is 3. The predicted octanol–water partition coefficient (Wildman–Crippen LogP) is 2.49. The van der Waals surface area contributed by atoms with E-state index in [0.29, 0.717) is 18.7 Å². The first-order chi connectivity index (χ1) is 16.3. The fraction of sp³-hybridized carbons (Fsp3) is 0.333. The number of aromatic nitrogens is 2. The van der Waals surface area contributed by atoms with Crippen molar-refractivity contribution in [3.8, 4) is 0 Å². The number of imidazole rings is 1. The Morgan fingerprint density at radius 3 is 2.62 bits per heavy atom. The van der Waals surface area contributed by atoms with Gasteiger partial charge in [-0.1, -0.05) is 19.1 Å². The maximum atomic E-state index is 13.5. The monoisotopic (exact) mass is 467 g/mol. The van der Waals surface area contributed by atoms with Crippen molar-refractivity contribution in [2.24, 2.45) is 0 Å². The minimum absolute atomic E-state index is 0.00595. The zero-order valence-electron chi connectivity index (χ0n) is 19.0. The molecule has 178 valence electrons. The molecule has 0 unspecified atom stereocenters. The Hall–Kier alpha value is -3.95. The van der Waals surface area contributed by atoms with Crippen LogP contribution in [0.4, 0.5) is 4.39 Å². The highest BCUT2D eigenvalue weighted by atomic mass is 19.1. The van der Waals surface area contributed by atoms with Gasteiger partial charge in [0.15, 0.2) is 5.69 Å². The largest absolute Gasteiger partial charge is 0.467 e. The van der Waals surface area contributed by atoms with Gasteiger partial charge < -0.3 is 24.5 Å². The van der Waals surface area contributed by atoms with Crippen LogP contribution in [0.5, 0.6) is 0 Å². The van der Waals surface area contributed by atoms with Crippen LogP contribution in [0.3, 0.4) is 0 Å². The van der Waals surface area contributed by atoms with E-state index in [2.05, 4.69) is 15.6 Å². The number of halogens is 1. The minimum Gasteiger partial charge on any atom is -0.467 e. The maximum absolute atomic E-state index is 13.5. The maximum Gasteiger partial charge on any atom is 0.273 e. The lowest BCUT2D eigenvalue weighted by atomic mass is 9.94. The average Bonchev–Trinajstić information content (AvgIpc) is 3.49. The quantitative estimate of drug-likeness (QED) is 0.529. The second kappa shape index (κ2) is 9.50. The van der Waals surface area contributed by atoms with Gasteiger partial charge in [0.1, 0.15) is 22.8 Å². The van der Waals surface area contributed by atoms with Gasteiger partial charge in [-0.15, -0.1) is 0 Å². The van der Waals surface area contributed by atoms with Crippen molar-refractivity contribution in [3.05, 3.63) is 77.5 Å². The summed E-state index contributed by atoms with van der Waals surface area (Å²) in [5.41, 5.74) is -0.301. The molecule has 9 nitrogen and oxygen atoms in total. The van der Waals surface area contributed by atoms with E-state index in [1.54, 1.807) is 35.8 Å². The predicted molar refractivity (Wildman–Crippen MR) is 120 cm³/mol. The summed E-state index contributed by atoms with van der Waals surface area (Å²) in [4.78, 5) is 45.2. The van der Waals surface area contributed by atoms with Crippen LogP contribution in [-0.4, -0.2) is 44.3 Å². The zero-order valence-corrected chi connectivity index (χ0v) is 19.0. The number of carbonyl (C=O) groups excluding carboxylic acids is 3. The molecule has 3 aromatic rings.